The highest BCUT2D eigenvalue weighted by molar-refractivity contribution is 5.72. The molecule has 0 aliphatic carbocycles. The number of ether oxygens (including phenoxy) is 1. The van der Waals surface area contributed by atoms with Crippen LogP contribution in [0.1, 0.15) is 11.1 Å². The van der Waals surface area contributed by atoms with E-state index in [4.69, 9.17) is 0 Å². The first-order valence-corrected chi connectivity index (χ1v) is 4.55. The molecule has 0 radical (unpaired) electrons. The summed E-state index contributed by atoms with van der Waals surface area (Å²) in [5.74, 6) is -0.202. The number of carbonyl (C=O) groups is 1. The third-order valence-corrected chi connectivity index (χ3v) is 1.95. The zero-order valence-corrected chi connectivity index (χ0v) is 8.54. The summed E-state index contributed by atoms with van der Waals surface area (Å²) in [6, 6.07) is 7.91. The molecule has 0 saturated carbocycles. The SMILES string of the molecule is CNCc1cccc(CC(=O)OC)c1. The van der Waals surface area contributed by atoms with Gasteiger partial charge in [0.15, 0.2) is 0 Å². The maximum atomic E-state index is 11.0. The lowest BCUT2D eigenvalue weighted by molar-refractivity contribution is -0.139. The number of hydrogen-bond donors (Lipinski definition) is 1. The number of hydrogen-bond acceptors (Lipinski definition) is 3. The minimum absolute atomic E-state index is 0.202. The molecule has 0 aromatic heterocycles. The summed E-state index contributed by atoms with van der Waals surface area (Å²) >= 11 is 0. The molecular formula is C11H15NO2. The van der Waals surface area contributed by atoms with Crippen LogP contribution in [-0.2, 0) is 22.5 Å². The normalized spacial score (nSPS) is 9.86. The molecule has 1 aromatic carbocycles. The molecule has 3 heteroatoms. The molecule has 0 fully saturated rings. The summed E-state index contributed by atoms with van der Waals surface area (Å²) in [6.45, 7) is 0.814. The van der Waals surface area contributed by atoms with Gasteiger partial charge in [0, 0.05) is 6.54 Å². The van der Waals surface area contributed by atoms with E-state index in [9.17, 15) is 4.79 Å². The van der Waals surface area contributed by atoms with Gasteiger partial charge < -0.3 is 10.1 Å². The second kappa shape index (κ2) is 5.40. The van der Waals surface area contributed by atoms with Crippen molar-refractivity contribution < 1.29 is 9.53 Å². The smallest absolute Gasteiger partial charge is 0.309 e. The summed E-state index contributed by atoms with van der Waals surface area (Å²) in [7, 11) is 3.30. The number of nitrogens with one attached hydrogen (secondary N) is 1. The lowest BCUT2D eigenvalue weighted by atomic mass is 10.1. The van der Waals surface area contributed by atoms with Crippen LogP contribution in [0, 0.1) is 0 Å². The molecular weight excluding hydrogens is 178 g/mol. The summed E-state index contributed by atoms with van der Waals surface area (Å²) in [5, 5.41) is 3.06. The minimum Gasteiger partial charge on any atom is -0.469 e. The molecule has 0 heterocycles. The number of benzene rings is 1. The monoisotopic (exact) mass is 193 g/mol. The molecule has 1 rings (SSSR count). The number of rotatable bonds is 4. The van der Waals surface area contributed by atoms with Crippen molar-refractivity contribution in [1.29, 1.82) is 0 Å². The molecule has 0 aliphatic rings. The van der Waals surface area contributed by atoms with Crippen molar-refractivity contribution in [3.05, 3.63) is 35.4 Å². The standard InChI is InChI=1S/C11H15NO2/c1-12-8-10-5-3-4-9(6-10)7-11(13)14-2/h3-6,12H,7-8H2,1-2H3. The number of esters is 1. The second-order valence-electron chi connectivity index (χ2n) is 3.10. The van der Waals surface area contributed by atoms with Gasteiger partial charge in [-0.15, -0.1) is 0 Å². The van der Waals surface area contributed by atoms with Gasteiger partial charge in [-0.1, -0.05) is 24.3 Å². The molecule has 0 bridgehead atoms. The van der Waals surface area contributed by atoms with Crippen LogP contribution in [0.15, 0.2) is 24.3 Å². The van der Waals surface area contributed by atoms with Gasteiger partial charge in [0.1, 0.15) is 0 Å². The summed E-state index contributed by atoms with van der Waals surface area (Å²) < 4.78 is 4.60. The van der Waals surface area contributed by atoms with Crippen molar-refractivity contribution in [2.45, 2.75) is 13.0 Å². The molecule has 0 spiro atoms. The van der Waals surface area contributed by atoms with Crippen LogP contribution < -0.4 is 5.32 Å². The zero-order chi connectivity index (χ0) is 10.4. The van der Waals surface area contributed by atoms with Crippen LogP contribution in [-0.4, -0.2) is 20.1 Å². The van der Waals surface area contributed by atoms with Crippen molar-refractivity contribution in [2.75, 3.05) is 14.2 Å². The minimum atomic E-state index is -0.202. The largest absolute Gasteiger partial charge is 0.469 e. The van der Waals surface area contributed by atoms with Crippen LogP contribution in [0.3, 0.4) is 0 Å². The van der Waals surface area contributed by atoms with Gasteiger partial charge in [-0.3, -0.25) is 4.79 Å². The van der Waals surface area contributed by atoms with Crippen molar-refractivity contribution in [1.82, 2.24) is 5.32 Å². The maximum Gasteiger partial charge on any atom is 0.309 e. The van der Waals surface area contributed by atoms with Gasteiger partial charge in [-0.05, 0) is 18.2 Å². The van der Waals surface area contributed by atoms with Crippen LogP contribution in [0.2, 0.25) is 0 Å². The molecule has 0 unspecified atom stereocenters. The fourth-order valence-corrected chi connectivity index (χ4v) is 1.29. The van der Waals surface area contributed by atoms with E-state index in [1.54, 1.807) is 0 Å². The zero-order valence-electron chi connectivity index (χ0n) is 8.54. The first-order chi connectivity index (χ1) is 6.76. The van der Waals surface area contributed by atoms with E-state index < -0.39 is 0 Å². The molecule has 1 aromatic rings. The Morgan fingerprint density at radius 1 is 1.43 bits per heavy atom. The molecule has 0 saturated heterocycles. The molecule has 0 amide bonds. The summed E-state index contributed by atoms with van der Waals surface area (Å²) in [4.78, 5) is 11.0. The quantitative estimate of drug-likeness (QED) is 0.728. The molecule has 0 atom stereocenters. The Morgan fingerprint density at radius 2 is 2.14 bits per heavy atom. The van der Waals surface area contributed by atoms with E-state index in [0.717, 1.165) is 12.1 Å². The third kappa shape index (κ3) is 3.18. The van der Waals surface area contributed by atoms with Crippen molar-refractivity contribution in [2.24, 2.45) is 0 Å². The van der Waals surface area contributed by atoms with Crippen LogP contribution in [0.4, 0.5) is 0 Å². The predicted octanol–water partition coefficient (Wildman–Crippen LogP) is 1.12. The molecule has 1 N–H and O–H groups in total. The fraction of sp³-hybridized carbons (Fsp3) is 0.364. The van der Waals surface area contributed by atoms with Crippen molar-refractivity contribution in [3.8, 4) is 0 Å². The molecule has 3 nitrogen and oxygen atoms in total. The maximum absolute atomic E-state index is 11.0. The Hall–Kier alpha value is -1.35. The van der Waals surface area contributed by atoms with Crippen LogP contribution in [0.25, 0.3) is 0 Å². The van der Waals surface area contributed by atoms with Gasteiger partial charge in [-0.2, -0.15) is 0 Å². The molecule has 76 valence electrons. The average Bonchev–Trinajstić information content (AvgIpc) is 2.19. The summed E-state index contributed by atoms with van der Waals surface area (Å²) in [5.41, 5.74) is 2.17. The fourth-order valence-electron chi connectivity index (χ4n) is 1.29. The first-order valence-electron chi connectivity index (χ1n) is 4.55. The number of carbonyl (C=O) groups excluding carboxylic acids is 1. The average molecular weight is 193 g/mol. The Morgan fingerprint density at radius 3 is 2.79 bits per heavy atom. The van der Waals surface area contributed by atoms with E-state index in [-0.39, 0.29) is 5.97 Å². The van der Waals surface area contributed by atoms with Gasteiger partial charge in [0.2, 0.25) is 0 Å². The summed E-state index contributed by atoms with van der Waals surface area (Å²) in [6.07, 6.45) is 0.341. The van der Waals surface area contributed by atoms with E-state index in [2.05, 4.69) is 10.1 Å². The Kier molecular flexibility index (Phi) is 4.13. The van der Waals surface area contributed by atoms with Gasteiger partial charge >= 0.3 is 5.97 Å². The van der Waals surface area contributed by atoms with Crippen molar-refractivity contribution >= 4 is 5.97 Å². The Bertz CT molecular complexity index is 310. The van der Waals surface area contributed by atoms with Gasteiger partial charge in [-0.25, -0.2) is 0 Å². The first kappa shape index (κ1) is 10.7. The highest BCUT2D eigenvalue weighted by Crippen LogP contribution is 2.06. The second-order valence-corrected chi connectivity index (χ2v) is 3.10. The van der Waals surface area contributed by atoms with E-state index >= 15 is 0 Å². The topological polar surface area (TPSA) is 38.3 Å². The highest BCUT2D eigenvalue weighted by Gasteiger charge is 2.02. The van der Waals surface area contributed by atoms with Gasteiger partial charge in [0.05, 0.1) is 13.5 Å². The van der Waals surface area contributed by atoms with Crippen molar-refractivity contribution in [3.63, 3.8) is 0 Å². The third-order valence-electron chi connectivity index (χ3n) is 1.95. The van der Waals surface area contributed by atoms with Gasteiger partial charge in [0.25, 0.3) is 0 Å². The highest BCUT2D eigenvalue weighted by atomic mass is 16.5. The Balaban J connectivity index is 2.68. The van der Waals surface area contributed by atoms with Crippen LogP contribution >= 0.6 is 0 Å². The lowest BCUT2D eigenvalue weighted by Crippen LogP contribution is -2.07. The molecule has 14 heavy (non-hydrogen) atoms. The molecule has 0 aliphatic heterocycles. The predicted molar refractivity (Wildman–Crippen MR) is 54.9 cm³/mol. The lowest BCUT2D eigenvalue weighted by Gasteiger charge is -2.03. The van der Waals surface area contributed by atoms with Crippen LogP contribution in [0.5, 0.6) is 0 Å². The number of methoxy groups -OCH3 is 1. The van der Waals surface area contributed by atoms with E-state index in [0.29, 0.717) is 6.42 Å². The Labute approximate surface area is 84.1 Å². The van der Waals surface area contributed by atoms with E-state index in [1.807, 2.05) is 31.3 Å². The van der Waals surface area contributed by atoms with E-state index in [1.165, 1.54) is 12.7 Å².